The van der Waals surface area contributed by atoms with E-state index >= 15 is 0 Å². The van der Waals surface area contributed by atoms with E-state index in [0.29, 0.717) is 32.1 Å². The number of halogens is 1. The van der Waals surface area contributed by atoms with Crippen LogP contribution in [0.15, 0.2) is 18.2 Å². The second kappa shape index (κ2) is 16.3. The van der Waals surface area contributed by atoms with Crippen LogP contribution in [0, 0.1) is 13.8 Å². The van der Waals surface area contributed by atoms with Crippen molar-refractivity contribution in [3.8, 4) is 11.1 Å². The maximum atomic E-state index is 7.19. The van der Waals surface area contributed by atoms with E-state index in [9.17, 15) is 0 Å². The predicted octanol–water partition coefficient (Wildman–Crippen LogP) is 7.22. The van der Waals surface area contributed by atoms with Crippen LogP contribution in [0.5, 0.6) is 0 Å². The number of aromatic nitrogens is 4. The van der Waals surface area contributed by atoms with Gasteiger partial charge in [0.2, 0.25) is 0 Å². The first kappa shape index (κ1) is 33.1. The van der Waals surface area contributed by atoms with Crippen LogP contribution in [-0.4, -0.2) is 78.5 Å². The molecule has 0 aliphatic carbocycles. The molecule has 0 aliphatic heterocycles. The molecule has 0 N–H and O–H groups in total. The standard InChI is InChI=1S/C19H23ClN5O2.3C4H9.Sn/c1-13-17(15-7-5-6-8-16(15)20)18-21-14(2)22-19(25(18)23-13)24(9-11-26-3)10-12-27-4;3*1-3-4-2;/h5,7-8H,9-12H2,1-4H3;3*1,3-4H2,2H3;. The summed E-state index contributed by atoms with van der Waals surface area (Å²) in [6, 6.07) is 7.00. The summed E-state index contributed by atoms with van der Waals surface area (Å²) in [5, 5.41) is 5.74. The molecular formula is C31H50ClN5O2Sn. The minimum atomic E-state index is -2.60. The monoisotopic (exact) mass is 679 g/mol. The van der Waals surface area contributed by atoms with Crippen LogP contribution in [0.3, 0.4) is 0 Å². The van der Waals surface area contributed by atoms with Crippen molar-refractivity contribution >= 4 is 45.2 Å². The predicted molar refractivity (Wildman–Crippen MR) is 171 cm³/mol. The minimum absolute atomic E-state index is 0.580. The Balaban J connectivity index is 2.12. The number of unbranched alkanes of at least 4 members (excludes halogenated alkanes) is 3. The molecule has 3 aromatic rings. The Bertz CT molecular complexity index is 1190. The fraction of sp³-hybridized carbons (Fsp3) is 0.645. The Hall–Kier alpha value is -1.42. The first-order valence-corrected chi connectivity index (χ1v) is 23.0. The molecule has 2 heterocycles. The molecule has 0 aliphatic rings. The summed E-state index contributed by atoms with van der Waals surface area (Å²) in [4.78, 5) is 11.8. The quantitative estimate of drug-likeness (QED) is 0.133. The van der Waals surface area contributed by atoms with Crippen LogP contribution in [0.25, 0.3) is 16.8 Å². The number of aryl methyl sites for hydroxylation is 2. The van der Waals surface area contributed by atoms with Gasteiger partial charge in [-0.1, -0.05) is 0 Å². The van der Waals surface area contributed by atoms with Crippen LogP contribution in [0.2, 0.25) is 18.3 Å². The number of nitrogens with zero attached hydrogens (tertiary/aromatic N) is 5. The van der Waals surface area contributed by atoms with Gasteiger partial charge < -0.3 is 0 Å². The van der Waals surface area contributed by atoms with Crippen molar-refractivity contribution < 1.29 is 9.47 Å². The number of rotatable bonds is 18. The fourth-order valence-corrected chi connectivity index (χ4v) is 22.3. The Morgan fingerprint density at radius 1 is 0.875 bits per heavy atom. The average molecular weight is 679 g/mol. The van der Waals surface area contributed by atoms with E-state index in [-0.39, 0.29) is 0 Å². The van der Waals surface area contributed by atoms with E-state index in [1.54, 1.807) is 17.8 Å². The van der Waals surface area contributed by atoms with Crippen molar-refractivity contribution in [1.29, 1.82) is 0 Å². The van der Waals surface area contributed by atoms with Gasteiger partial charge in [-0.2, -0.15) is 0 Å². The Morgan fingerprint density at radius 3 is 1.95 bits per heavy atom. The molecule has 1 aromatic carbocycles. The number of benzene rings is 1. The molecule has 0 fully saturated rings. The second-order valence-corrected chi connectivity index (χ2v) is 24.7. The molecule has 9 heteroatoms. The molecule has 0 atom stereocenters. The van der Waals surface area contributed by atoms with Gasteiger partial charge in [-0.05, 0) is 0 Å². The van der Waals surface area contributed by atoms with Gasteiger partial charge in [-0.15, -0.1) is 0 Å². The zero-order valence-corrected chi connectivity index (χ0v) is 29.5. The Kier molecular flexibility index (Phi) is 13.5. The molecule has 0 saturated heterocycles. The average Bonchev–Trinajstić information content (AvgIpc) is 3.27. The van der Waals surface area contributed by atoms with Gasteiger partial charge in [0.25, 0.3) is 0 Å². The zero-order chi connectivity index (χ0) is 29.1. The normalized spacial score (nSPS) is 12.0. The Labute approximate surface area is 250 Å². The third-order valence-corrected chi connectivity index (χ3v) is 24.0. The molecule has 0 radical (unpaired) electrons. The molecule has 0 bridgehead atoms. The molecule has 2 aromatic heterocycles. The molecular weight excluding hydrogens is 629 g/mol. The fourth-order valence-electron chi connectivity index (χ4n) is 5.76. The Morgan fingerprint density at radius 2 is 1.45 bits per heavy atom. The van der Waals surface area contributed by atoms with Gasteiger partial charge >= 0.3 is 238 Å². The number of hydrogen-bond donors (Lipinski definition) is 0. The van der Waals surface area contributed by atoms with Crippen molar-refractivity contribution in [2.45, 2.75) is 86.5 Å². The van der Waals surface area contributed by atoms with Crippen molar-refractivity contribution in [2.75, 3.05) is 45.4 Å². The van der Waals surface area contributed by atoms with Crippen molar-refractivity contribution in [3.63, 3.8) is 0 Å². The second-order valence-electron chi connectivity index (χ2n) is 11.0. The summed E-state index contributed by atoms with van der Waals surface area (Å²) in [6.07, 6.45) is 7.78. The van der Waals surface area contributed by atoms with Crippen LogP contribution in [-0.2, 0) is 9.47 Å². The van der Waals surface area contributed by atoms with Crippen LogP contribution in [0.1, 0.15) is 70.8 Å². The summed E-state index contributed by atoms with van der Waals surface area (Å²) in [5.41, 5.74) is 3.67. The van der Waals surface area contributed by atoms with E-state index in [4.69, 9.17) is 36.1 Å². The first-order valence-electron chi connectivity index (χ1n) is 15.1. The SMILES string of the molecule is CCC[CH2][Sn]([CH2]CCC)([CH2]CCC)[c]1ccc(-c2c(C)nn3c(N(CCOC)CCOC)nc(C)nc23)c(Cl)c1. The van der Waals surface area contributed by atoms with Gasteiger partial charge in [0, 0.05) is 14.2 Å². The van der Waals surface area contributed by atoms with E-state index < -0.39 is 18.4 Å². The molecule has 0 unspecified atom stereocenters. The number of ether oxygens (including phenoxy) is 2. The van der Waals surface area contributed by atoms with E-state index in [1.165, 1.54) is 51.8 Å². The summed E-state index contributed by atoms with van der Waals surface area (Å²) in [5.74, 6) is 1.44. The van der Waals surface area contributed by atoms with Crippen molar-refractivity contribution in [1.82, 2.24) is 19.6 Å². The summed E-state index contributed by atoms with van der Waals surface area (Å²) in [6.45, 7) is 13.5. The van der Waals surface area contributed by atoms with Gasteiger partial charge in [0.05, 0.1) is 0 Å². The van der Waals surface area contributed by atoms with E-state index in [0.717, 1.165) is 33.4 Å². The summed E-state index contributed by atoms with van der Waals surface area (Å²) < 4.78 is 18.5. The summed E-state index contributed by atoms with van der Waals surface area (Å²) in [7, 11) is 3.42. The molecule has 0 saturated carbocycles. The number of fused-ring (bicyclic) bond motifs is 1. The molecule has 40 heavy (non-hydrogen) atoms. The van der Waals surface area contributed by atoms with Crippen molar-refractivity contribution in [2.24, 2.45) is 0 Å². The third kappa shape index (κ3) is 7.90. The van der Waals surface area contributed by atoms with Crippen LogP contribution in [0.4, 0.5) is 5.95 Å². The molecule has 3 rings (SSSR count). The van der Waals surface area contributed by atoms with Crippen LogP contribution < -0.4 is 8.48 Å². The van der Waals surface area contributed by atoms with Crippen molar-refractivity contribution in [3.05, 3.63) is 34.7 Å². The molecule has 7 nitrogen and oxygen atoms in total. The number of anilines is 1. The molecule has 0 spiro atoms. The van der Waals surface area contributed by atoms with Gasteiger partial charge in [0.1, 0.15) is 0 Å². The zero-order valence-electron chi connectivity index (χ0n) is 25.9. The maximum absolute atomic E-state index is 7.19. The first-order chi connectivity index (χ1) is 19.3. The van der Waals surface area contributed by atoms with Gasteiger partial charge in [0.15, 0.2) is 0 Å². The molecule has 222 valence electrons. The summed E-state index contributed by atoms with van der Waals surface area (Å²) >= 11 is 4.59. The van der Waals surface area contributed by atoms with Gasteiger partial charge in [-0.25, -0.2) is 0 Å². The number of methoxy groups -OCH3 is 2. The number of hydrogen-bond acceptors (Lipinski definition) is 6. The topological polar surface area (TPSA) is 64.8 Å². The van der Waals surface area contributed by atoms with E-state index in [1.807, 2.05) is 18.4 Å². The third-order valence-electron chi connectivity index (χ3n) is 8.05. The van der Waals surface area contributed by atoms with Crippen LogP contribution >= 0.6 is 11.6 Å². The van der Waals surface area contributed by atoms with Gasteiger partial charge in [-0.3, -0.25) is 0 Å². The molecule has 0 amide bonds. The van der Waals surface area contributed by atoms with E-state index in [2.05, 4.69) is 43.9 Å².